The van der Waals surface area contributed by atoms with Gasteiger partial charge in [0.05, 0.1) is 5.97 Å². The number of hydrogen-bond acceptors (Lipinski definition) is 3. The molecule has 3 rings (SSSR count). The highest BCUT2D eigenvalue weighted by Crippen LogP contribution is 2.34. The van der Waals surface area contributed by atoms with E-state index in [0.29, 0.717) is 22.0 Å². The van der Waals surface area contributed by atoms with Crippen LogP contribution in [0, 0.1) is 0 Å². The first-order valence-electron chi connectivity index (χ1n) is 4.77. The average molecular weight is 212 g/mol. The van der Waals surface area contributed by atoms with Gasteiger partial charge in [0, 0.05) is 22.2 Å². The average Bonchev–Trinajstić information content (AvgIpc) is 2.58. The number of benzene rings is 2. The van der Waals surface area contributed by atoms with Crippen molar-refractivity contribution in [2.45, 2.75) is 0 Å². The predicted molar refractivity (Wildman–Crippen MR) is 56.2 cm³/mol. The van der Waals surface area contributed by atoms with Crippen LogP contribution in [0.3, 0.4) is 0 Å². The molecule has 0 radical (unpaired) electrons. The fourth-order valence-electron chi connectivity index (χ4n) is 2.07. The Morgan fingerprint density at radius 2 is 2.00 bits per heavy atom. The van der Waals surface area contributed by atoms with Gasteiger partial charge in [-0.15, -0.1) is 0 Å². The topological polar surface area (TPSA) is 69.2 Å². The number of carboxylic acids is 1. The Hall–Kier alpha value is -2.36. The molecule has 0 bridgehead atoms. The van der Waals surface area contributed by atoms with Crippen LogP contribution in [-0.2, 0) is 0 Å². The van der Waals surface area contributed by atoms with E-state index >= 15 is 0 Å². The van der Waals surface area contributed by atoms with Crippen LogP contribution in [0.25, 0.3) is 10.8 Å². The summed E-state index contributed by atoms with van der Waals surface area (Å²) in [5.74, 6) is -1.43. The first-order chi connectivity index (χ1) is 7.68. The maximum Gasteiger partial charge on any atom is 0.256 e. The SMILES string of the molecule is O=C([O-])c1ccc2c3c(cccc13)C(=O)N2. The standard InChI is InChI=1S/C12H7NO3/c14-11-8-3-1-2-6-7(12(15)16)4-5-9(13-11)10(6)8/h1-5H,(H,13,14)(H,15,16)/p-1. The number of carbonyl (C=O) groups is 2. The minimum Gasteiger partial charge on any atom is -0.545 e. The zero-order chi connectivity index (χ0) is 11.3. The molecule has 16 heavy (non-hydrogen) atoms. The lowest BCUT2D eigenvalue weighted by Gasteiger charge is -2.07. The van der Waals surface area contributed by atoms with Crippen LogP contribution >= 0.6 is 0 Å². The molecule has 1 aliphatic rings. The van der Waals surface area contributed by atoms with Gasteiger partial charge < -0.3 is 15.2 Å². The number of aromatic carboxylic acids is 1. The molecule has 0 spiro atoms. The molecule has 0 saturated carbocycles. The van der Waals surface area contributed by atoms with Gasteiger partial charge in [-0.25, -0.2) is 0 Å². The normalized spacial score (nSPS) is 12.9. The van der Waals surface area contributed by atoms with Crippen molar-refractivity contribution in [3.63, 3.8) is 0 Å². The molecule has 0 aliphatic carbocycles. The second-order valence-electron chi connectivity index (χ2n) is 3.63. The summed E-state index contributed by atoms with van der Waals surface area (Å²) in [6, 6.07) is 8.05. The molecule has 0 fully saturated rings. The van der Waals surface area contributed by atoms with E-state index in [1.807, 2.05) is 0 Å². The summed E-state index contributed by atoms with van der Waals surface area (Å²) in [4.78, 5) is 22.5. The zero-order valence-corrected chi connectivity index (χ0v) is 8.11. The molecular weight excluding hydrogens is 206 g/mol. The van der Waals surface area contributed by atoms with Crippen molar-refractivity contribution in [2.75, 3.05) is 5.32 Å². The lowest BCUT2D eigenvalue weighted by atomic mass is 10.0. The maximum atomic E-state index is 11.6. The molecule has 2 aromatic rings. The van der Waals surface area contributed by atoms with Crippen molar-refractivity contribution < 1.29 is 14.7 Å². The summed E-state index contributed by atoms with van der Waals surface area (Å²) in [5, 5.41) is 14.8. The highest BCUT2D eigenvalue weighted by atomic mass is 16.4. The van der Waals surface area contributed by atoms with Gasteiger partial charge in [-0.2, -0.15) is 0 Å². The molecule has 1 aliphatic heterocycles. The van der Waals surface area contributed by atoms with Crippen LogP contribution in [-0.4, -0.2) is 11.9 Å². The maximum absolute atomic E-state index is 11.6. The minimum absolute atomic E-state index is 0.108. The quantitative estimate of drug-likeness (QED) is 0.759. The molecular formula is C12H6NO3-. The van der Waals surface area contributed by atoms with E-state index in [1.165, 1.54) is 6.07 Å². The fourth-order valence-corrected chi connectivity index (χ4v) is 2.07. The summed E-state index contributed by atoms with van der Waals surface area (Å²) < 4.78 is 0. The Balaban J connectivity index is 2.50. The molecule has 4 heteroatoms. The second kappa shape index (κ2) is 2.82. The lowest BCUT2D eigenvalue weighted by molar-refractivity contribution is -0.254. The molecule has 0 atom stereocenters. The number of nitrogens with one attached hydrogen (secondary N) is 1. The minimum atomic E-state index is -1.23. The fraction of sp³-hybridized carbons (Fsp3) is 0. The third-order valence-corrected chi connectivity index (χ3v) is 2.75. The van der Waals surface area contributed by atoms with E-state index in [2.05, 4.69) is 5.32 Å². The van der Waals surface area contributed by atoms with Crippen molar-refractivity contribution >= 4 is 28.3 Å². The van der Waals surface area contributed by atoms with E-state index in [1.54, 1.807) is 24.3 Å². The Kier molecular flexibility index (Phi) is 1.57. The molecule has 0 aromatic heterocycles. The molecule has 0 unspecified atom stereocenters. The van der Waals surface area contributed by atoms with Crippen LogP contribution in [0.4, 0.5) is 5.69 Å². The largest absolute Gasteiger partial charge is 0.545 e. The van der Waals surface area contributed by atoms with Crippen LogP contribution in [0.5, 0.6) is 0 Å². The van der Waals surface area contributed by atoms with Gasteiger partial charge in [-0.05, 0) is 17.5 Å². The van der Waals surface area contributed by atoms with E-state index in [4.69, 9.17) is 0 Å². The number of rotatable bonds is 1. The van der Waals surface area contributed by atoms with Crippen LogP contribution in [0.1, 0.15) is 20.7 Å². The first kappa shape index (κ1) is 8.91. The molecule has 1 heterocycles. The number of carbonyl (C=O) groups excluding carboxylic acids is 2. The van der Waals surface area contributed by atoms with Gasteiger partial charge in [0.1, 0.15) is 0 Å². The van der Waals surface area contributed by atoms with Gasteiger partial charge in [0.25, 0.3) is 5.91 Å². The first-order valence-corrected chi connectivity index (χ1v) is 4.77. The Labute approximate surface area is 90.5 Å². The molecule has 1 amide bonds. The van der Waals surface area contributed by atoms with Gasteiger partial charge >= 0.3 is 0 Å². The Morgan fingerprint density at radius 1 is 1.19 bits per heavy atom. The van der Waals surface area contributed by atoms with E-state index in [9.17, 15) is 14.7 Å². The molecule has 78 valence electrons. The van der Waals surface area contributed by atoms with Crippen molar-refractivity contribution in [2.24, 2.45) is 0 Å². The van der Waals surface area contributed by atoms with Gasteiger partial charge in [-0.1, -0.05) is 18.2 Å². The Bertz CT molecular complexity index is 646. The number of hydrogen-bond donors (Lipinski definition) is 1. The van der Waals surface area contributed by atoms with Crippen LogP contribution < -0.4 is 10.4 Å². The second-order valence-corrected chi connectivity index (χ2v) is 3.63. The Morgan fingerprint density at radius 3 is 2.75 bits per heavy atom. The number of carboxylic acid groups (broad SMARTS) is 1. The summed E-state index contributed by atoms with van der Waals surface area (Å²) >= 11 is 0. The molecule has 1 N–H and O–H groups in total. The lowest BCUT2D eigenvalue weighted by Crippen LogP contribution is -2.22. The third kappa shape index (κ3) is 0.982. The van der Waals surface area contributed by atoms with E-state index in [0.717, 1.165) is 0 Å². The number of anilines is 1. The molecule has 4 nitrogen and oxygen atoms in total. The summed E-state index contributed by atoms with van der Waals surface area (Å²) in [6.45, 7) is 0. The van der Waals surface area contributed by atoms with Crippen molar-refractivity contribution in [1.82, 2.24) is 0 Å². The molecule has 2 aromatic carbocycles. The van der Waals surface area contributed by atoms with Crippen LogP contribution in [0.2, 0.25) is 0 Å². The van der Waals surface area contributed by atoms with E-state index < -0.39 is 5.97 Å². The number of amides is 1. The van der Waals surface area contributed by atoms with Crippen molar-refractivity contribution in [3.05, 3.63) is 41.5 Å². The smallest absolute Gasteiger partial charge is 0.256 e. The van der Waals surface area contributed by atoms with Crippen molar-refractivity contribution in [3.8, 4) is 0 Å². The highest BCUT2D eigenvalue weighted by molar-refractivity contribution is 6.25. The predicted octanol–water partition coefficient (Wildman–Crippen LogP) is 0.769. The third-order valence-electron chi connectivity index (χ3n) is 2.75. The van der Waals surface area contributed by atoms with Crippen molar-refractivity contribution in [1.29, 1.82) is 0 Å². The van der Waals surface area contributed by atoms with Gasteiger partial charge in [0.15, 0.2) is 0 Å². The van der Waals surface area contributed by atoms with Crippen LogP contribution in [0.15, 0.2) is 30.3 Å². The summed E-state index contributed by atoms with van der Waals surface area (Å²) in [5.41, 5.74) is 1.27. The summed E-state index contributed by atoms with van der Waals surface area (Å²) in [7, 11) is 0. The monoisotopic (exact) mass is 212 g/mol. The van der Waals surface area contributed by atoms with E-state index in [-0.39, 0.29) is 11.5 Å². The molecule has 0 saturated heterocycles. The van der Waals surface area contributed by atoms with Gasteiger partial charge in [-0.3, -0.25) is 4.79 Å². The highest BCUT2D eigenvalue weighted by Gasteiger charge is 2.22. The van der Waals surface area contributed by atoms with Gasteiger partial charge in [0.2, 0.25) is 0 Å². The zero-order valence-electron chi connectivity index (χ0n) is 8.11. The summed E-state index contributed by atoms with van der Waals surface area (Å²) in [6.07, 6.45) is 0.